The standard InChI is InChI=1S/C17H34O2/c1-3-5-7-9-11-13-16(14-15-17(18)19)12-10-8-6-4-2/h16H,3-15H2,1-2H3,(H,18,19). The Kier molecular flexibility index (Phi) is 13.5. The van der Waals surface area contributed by atoms with Gasteiger partial charge in [-0.15, -0.1) is 0 Å². The lowest BCUT2D eigenvalue weighted by Crippen LogP contribution is -2.05. The molecular weight excluding hydrogens is 236 g/mol. The maximum Gasteiger partial charge on any atom is 0.303 e. The lowest BCUT2D eigenvalue weighted by molar-refractivity contribution is -0.137. The fourth-order valence-electron chi connectivity index (χ4n) is 2.66. The molecule has 0 heterocycles. The van der Waals surface area contributed by atoms with Crippen LogP contribution in [-0.4, -0.2) is 11.1 Å². The molecule has 0 aliphatic rings. The minimum Gasteiger partial charge on any atom is -0.481 e. The van der Waals surface area contributed by atoms with Crippen molar-refractivity contribution < 1.29 is 9.90 Å². The number of rotatable bonds is 14. The van der Waals surface area contributed by atoms with Crippen molar-refractivity contribution in [3.63, 3.8) is 0 Å². The number of unbranched alkanes of at least 4 members (excludes halogenated alkanes) is 7. The van der Waals surface area contributed by atoms with Crippen LogP contribution in [0.25, 0.3) is 0 Å². The molecule has 114 valence electrons. The van der Waals surface area contributed by atoms with Gasteiger partial charge < -0.3 is 5.11 Å². The molecule has 2 heteroatoms. The van der Waals surface area contributed by atoms with Crippen molar-refractivity contribution in [2.24, 2.45) is 5.92 Å². The van der Waals surface area contributed by atoms with Gasteiger partial charge in [0.2, 0.25) is 0 Å². The maximum absolute atomic E-state index is 10.7. The van der Waals surface area contributed by atoms with E-state index in [1.165, 1.54) is 70.6 Å². The Morgan fingerprint density at radius 1 is 0.789 bits per heavy atom. The van der Waals surface area contributed by atoms with Crippen LogP contribution in [0.2, 0.25) is 0 Å². The SMILES string of the molecule is CCCCCCCC(CCCCCC)CCC(=O)O. The maximum atomic E-state index is 10.7. The topological polar surface area (TPSA) is 37.3 Å². The molecule has 0 spiro atoms. The van der Waals surface area contributed by atoms with Crippen molar-refractivity contribution in [1.29, 1.82) is 0 Å². The molecule has 0 rings (SSSR count). The number of carboxylic acids is 1. The molecule has 0 bridgehead atoms. The van der Waals surface area contributed by atoms with Crippen LogP contribution >= 0.6 is 0 Å². The van der Waals surface area contributed by atoms with E-state index in [1.54, 1.807) is 0 Å². The third kappa shape index (κ3) is 13.7. The van der Waals surface area contributed by atoms with Gasteiger partial charge in [-0.3, -0.25) is 4.79 Å². The van der Waals surface area contributed by atoms with Crippen LogP contribution in [0.1, 0.15) is 97.3 Å². The van der Waals surface area contributed by atoms with Gasteiger partial charge in [0.1, 0.15) is 0 Å². The van der Waals surface area contributed by atoms with Crippen molar-refractivity contribution in [3.8, 4) is 0 Å². The van der Waals surface area contributed by atoms with Crippen molar-refractivity contribution >= 4 is 5.97 Å². The van der Waals surface area contributed by atoms with Crippen LogP contribution in [0.15, 0.2) is 0 Å². The predicted molar refractivity (Wildman–Crippen MR) is 82.5 cm³/mol. The highest BCUT2D eigenvalue weighted by molar-refractivity contribution is 5.66. The summed E-state index contributed by atoms with van der Waals surface area (Å²) in [5.74, 6) is 0.0131. The summed E-state index contributed by atoms with van der Waals surface area (Å²) in [6.07, 6.45) is 15.5. The normalized spacial score (nSPS) is 12.5. The van der Waals surface area contributed by atoms with E-state index in [0.717, 1.165) is 6.42 Å². The van der Waals surface area contributed by atoms with Crippen molar-refractivity contribution in [3.05, 3.63) is 0 Å². The summed E-state index contributed by atoms with van der Waals surface area (Å²) in [5.41, 5.74) is 0. The molecule has 1 atom stereocenters. The molecule has 0 saturated heterocycles. The zero-order valence-electron chi connectivity index (χ0n) is 13.1. The summed E-state index contributed by atoms with van der Waals surface area (Å²) in [6.45, 7) is 4.47. The van der Waals surface area contributed by atoms with Gasteiger partial charge in [-0.2, -0.15) is 0 Å². The molecule has 0 aliphatic carbocycles. The van der Waals surface area contributed by atoms with E-state index in [0.29, 0.717) is 12.3 Å². The van der Waals surface area contributed by atoms with Gasteiger partial charge in [0.25, 0.3) is 0 Å². The monoisotopic (exact) mass is 270 g/mol. The predicted octanol–water partition coefficient (Wildman–Crippen LogP) is 5.80. The average molecular weight is 270 g/mol. The van der Waals surface area contributed by atoms with Crippen LogP contribution in [0.5, 0.6) is 0 Å². The fraction of sp³-hybridized carbons (Fsp3) is 0.941. The average Bonchev–Trinajstić information content (AvgIpc) is 2.39. The van der Waals surface area contributed by atoms with E-state index < -0.39 is 5.97 Å². The smallest absolute Gasteiger partial charge is 0.303 e. The lowest BCUT2D eigenvalue weighted by atomic mass is 9.90. The van der Waals surface area contributed by atoms with E-state index >= 15 is 0 Å². The minimum atomic E-state index is -0.635. The summed E-state index contributed by atoms with van der Waals surface area (Å²) in [4.78, 5) is 10.7. The quantitative estimate of drug-likeness (QED) is 0.405. The summed E-state index contributed by atoms with van der Waals surface area (Å²) in [6, 6.07) is 0. The number of aliphatic carboxylic acids is 1. The van der Waals surface area contributed by atoms with Crippen LogP contribution in [0, 0.1) is 5.92 Å². The highest BCUT2D eigenvalue weighted by Gasteiger charge is 2.10. The molecule has 1 N–H and O–H groups in total. The fourth-order valence-corrected chi connectivity index (χ4v) is 2.66. The van der Waals surface area contributed by atoms with Gasteiger partial charge >= 0.3 is 5.97 Å². The second-order valence-electron chi connectivity index (χ2n) is 5.85. The summed E-state index contributed by atoms with van der Waals surface area (Å²) in [5, 5.41) is 8.81. The Labute approximate surface area is 120 Å². The van der Waals surface area contributed by atoms with E-state index in [-0.39, 0.29) is 0 Å². The Morgan fingerprint density at radius 2 is 1.26 bits per heavy atom. The van der Waals surface area contributed by atoms with Crippen molar-refractivity contribution in [2.75, 3.05) is 0 Å². The molecule has 0 aromatic rings. The first kappa shape index (κ1) is 18.5. The molecule has 0 aliphatic heterocycles. The zero-order chi connectivity index (χ0) is 14.3. The number of carboxylic acid groups (broad SMARTS) is 1. The first-order chi connectivity index (χ1) is 9.20. The first-order valence-electron chi connectivity index (χ1n) is 8.42. The van der Waals surface area contributed by atoms with Crippen LogP contribution < -0.4 is 0 Å². The molecule has 1 unspecified atom stereocenters. The van der Waals surface area contributed by atoms with Gasteiger partial charge in [0, 0.05) is 6.42 Å². The van der Waals surface area contributed by atoms with Crippen LogP contribution in [0.4, 0.5) is 0 Å². The highest BCUT2D eigenvalue weighted by Crippen LogP contribution is 2.23. The number of carbonyl (C=O) groups is 1. The van der Waals surface area contributed by atoms with Gasteiger partial charge in [-0.05, 0) is 12.3 Å². The molecule has 0 aromatic heterocycles. The molecular formula is C17H34O2. The molecule has 0 fully saturated rings. The van der Waals surface area contributed by atoms with Gasteiger partial charge in [-0.1, -0.05) is 84.5 Å². The molecule has 2 nitrogen and oxygen atoms in total. The Bertz CT molecular complexity index is 201. The van der Waals surface area contributed by atoms with E-state index in [2.05, 4.69) is 13.8 Å². The van der Waals surface area contributed by atoms with Crippen LogP contribution in [0.3, 0.4) is 0 Å². The molecule has 0 amide bonds. The first-order valence-corrected chi connectivity index (χ1v) is 8.42. The summed E-state index contributed by atoms with van der Waals surface area (Å²) >= 11 is 0. The van der Waals surface area contributed by atoms with Crippen LogP contribution in [-0.2, 0) is 4.79 Å². The summed E-state index contributed by atoms with van der Waals surface area (Å²) < 4.78 is 0. The highest BCUT2D eigenvalue weighted by atomic mass is 16.4. The van der Waals surface area contributed by atoms with Gasteiger partial charge in [0.05, 0.1) is 0 Å². The Hall–Kier alpha value is -0.530. The number of hydrogen-bond acceptors (Lipinski definition) is 1. The second kappa shape index (κ2) is 13.9. The molecule has 0 saturated carbocycles. The molecule has 0 aromatic carbocycles. The van der Waals surface area contributed by atoms with Crippen molar-refractivity contribution in [2.45, 2.75) is 97.3 Å². The molecule has 19 heavy (non-hydrogen) atoms. The second-order valence-corrected chi connectivity index (χ2v) is 5.85. The zero-order valence-corrected chi connectivity index (χ0v) is 13.1. The number of hydrogen-bond donors (Lipinski definition) is 1. The molecule has 0 radical (unpaired) electrons. The Morgan fingerprint density at radius 3 is 1.74 bits per heavy atom. The Balaban J connectivity index is 3.72. The van der Waals surface area contributed by atoms with E-state index in [4.69, 9.17) is 5.11 Å². The van der Waals surface area contributed by atoms with E-state index in [9.17, 15) is 4.79 Å². The van der Waals surface area contributed by atoms with Crippen molar-refractivity contribution in [1.82, 2.24) is 0 Å². The third-order valence-electron chi connectivity index (χ3n) is 3.95. The third-order valence-corrected chi connectivity index (χ3v) is 3.95. The van der Waals surface area contributed by atoms with Gasteiger partial charge in [-0.25, -0.2) is 0 Å². The largest absolute Gasteiger partial charge is 0.481 e. The lowest BCUT2D eigenvalue weighted by Gasteiger charge is -2.15. The van der Waals surface area contributed by atoms with E-state index in [1.807, 2.05) is 0 Å². The minimum absolute atomic E-state index is 0.355. The summed E-state index contributed by atoms with van der Waals surface area (Å²) in [7, 11) is 0. The van der Waals surface area contributed by atoms with Gasteiger partial charge in [0.15, 0.2) is 0 Å².